The van der Waals surface area contributed by atoms with E-state index in [0.717, 1.165) is 58.9 Å². The van der Waals surface area contributed by atoms with Gasteiger partial charge in [0.15, 0.2) is 0 Å². The van der Waals surface area contributed by atoms with Gasteiger partial charge in [0.1, 0.15) is 0 Å². The summed E-state index contributed by atoms with van der Waals surface area (Å²) in [7, 11) is 0. The van der Waals surface area contributed by atoms with E-state index in [1.165, 1.54) is 0 Å². The summed E-state index contributed by atoms with van der Waals surface area (Å²) in [5.41, 5.74) is 0. The van der Waals surface area contributed by atoms with Gasteiger partial charge in [-0.3, -0.25) is 19.5 Å². The number of amides is 1. The molecule has 2 rings (SSSR count). The molecular weight excluding hydrogens is 264 g/mol. The van der Waals surface area contributed by atoms with Gasteiger partial charge in [-0.2, -0.15) is 0 Å². The Kier molecular flexibility index (Phi) is 6.21. The highest BCUT2D eigenvalue weighted by Crippen LogP contribution is 2.08. The third kappa shape index (κ3) is 4.80. The minimum absolute atomic E-state index is 0.301. The Labute approximate surface area is 129 Å². The molecule has 0 spiro atoms. The minimum Gasteiger partial charge on any atom is -0.339 e. The van der Waals surface area contributed by atoms with Gasteiger partial charge in [-0.25, -0.2) is 0 Å². The van der Waals surface area contributed by atoms with Crippen molar-refractivity contribution in [3.8, 4) is 0 Å². The van der Waals surface area contributed by atoms with Crippen molar-refractivity contribution < 1.29 is 4.79 Å². The van der Waals surface area contributed by atoms with Crippen LogP contribution in [0.2, 0.25) is 0 Å². The molecule has 0 N–H and O–H groups in total. The summed E-state index contributed by atoms with van der Waals surface area (Å²) in [6, 6.07) is 0.584. The first-order valence-electron chi connectivity index (χ1n) is 8.17. The maximum atomic E-state index is 12.4. The van der Waals surface area contributed by atoms with Gasteiger partial charge in [-0.1, -0.05) is 6.08 Å². The van der Waals surface area contributed by atoms with Crippen LogP contribution in [0.25, 0.3) is 0 Å². The van der Waals surface area contributed by atoms with Crippen LogP contribution in [-0.4, -0.2) is 97.0 Å². The lowest BCUT2D eigenvalue weighted by atomic mass is 10.2. The van der Waals surface area contributed by atoms with Crippen molar-refractivity contribution in [2.45, 2.75) is 19.9 Å². The van der Waals surface area contributed by atoms with Crippen LogP contribution >= 0.6 is 0 Å². The standard InChI is InChI=1S/C16H30N4O/c1-4-5-17-6-8-18(9-7-17)14-16(21)20-12-10-19(11-13-20)15(2)3/h4,15H,1,5-14H2,2-3H3. The summed E-state index contributed by atoms with van der Waals surface area (Å²) in [5.74, 6) is 0.301. The average Bonchev–Trinajstić information content (AvgIpc) is 2.49. The molecule has 2 fully saturated rings. The van der Waals surface area contributed by atoms with E-state index in [-0.39, 0.29) is 0 Å². The Morgan fingerprint density at radius 3 is 2.10 bits per heavy atom. The number of rotatable bonds is 5. The molecule has 0 radical (unpaired) electrons. The third-order valence-electron chi connectivity index (χ3n) is 4.61. The van der Waals surface area contributed by atoms with Crippen LogP contribution in [-0.2, 0) is 4.79 Å². The molecule has 0 saturated carbocycles. The molecule has 0 unspecified atom stereocenters. The zero-order chi connectivity index (χ0) is 15.2. The van der Waals surface area contributed by atoms with Crippen LogP contribution in [0.1, 0.15) is 13.8 Å². The van der Waals surface area contributed by atoms with Gasteiger partial charge in [0.05, 0.1) is 6.54 Å². The first-order chi connectivity index (χ1) is 10.1. The lowest BCUT2D eigenvalue weighted by Crippen LogP contribution is -2.54. The predicted octanol–water partition coefficient (Wildman–Crippen LogP) is 0.343. The van der Waals surface area contributed by atoms with Gasteiger partial charge in [0, 0.05) is 64.9 Å². The fourth-order valence-corrected chi connectivity index (χ4v) is 3.09. The maximum absolute atomic E-state index is 12.4. The molecule has 0 bridgehead atoms. The van der Waals surface area contributed by atoms with Gasteiger partial charge in [0.2, 0.25) is 5.91 Å². The second-order valence-corrected chi connectivity index (χ2v) is 6.38. The van der Waals surface area contributed by atoms with E-state index >= 15 is 0 Å². The minimum atomic E-state index is 0.301. The smallest absolute Gasteiger partial charge is 0.236 e. The van der Waals surface area contributed by atoms with E-state index < -0.39 is 0 Å². The molecule has 120 valence electrons. The van der Waals surface area contributed by atoms with Crippen LogP contribution in [0.5, 0.6) is 0 Å². The maximum Gasteiger partial charge on any atom is 0.236 e. The van der Waals surface area contributed by atoms with Gasteiger partial charge >= 0.3 is 0 Å². The predicted molar refractivity (Wildman–Crippen MR) is 86.4 cm³/mol. The SMILES string of the molecule is C=CCN1CCN(CC(=O)N2CCN(C(C)C)CC2)CC1. The van der Waals surface area contributed by atoms with Crippen molar-refractivity contribution >= 4 is 5.91 Å². The average molecular weight is 294 g/mol. The summed E-state index contributed by atoms with van der Waals surface area (Å²) >= 11 is 0. The van der Waals surface area contributed by atoms with Crippen molar-refractivity contribution in [3.63, 3.8) is 0 Å². The Hall–Kier alpha value is -0.910. The summed E-state index contributed by atoms with van der Waals surface area (Å²) < 4.78 is 0. The zero-order valence-corrected chi connectivity index (χ0v) is 13.6. The van der Waals surface area contributed by atoms with E-state index in [4.69, 9.17) is 0 Å². The van der Waals surface area contributed by atoms with Gasteiger partial charge < -0.3 is 4.90 Å². The topological polar surface area (TPSA) is 30.0 Å². The number of hydrogen-bond acceptors (Lipinski definition) is 4. The van der Waals surface area contributed by atoms with E-state index in [2.05, 4.69) is 35.1 Å². The second kappa shape index (κ2) is 7.92. The van der Waals surface area contributed by atoms with Crippen molar-refractivity contribution in [1.29, 1.82) is 0 Å². The fraction of sp³-hybridized carbons (Fsp3) is 0.812. The highest BCUT2D eigenvalue weighted by Gasteiger charge is 2.25. The van der Waals surface area contributed by atoms with E-state index in [0.29, 0.717) is 18.5 Å². The molecule has 0 aromatic carbocycles. The molecule has 5 heteroatoms. The van der Waals surface area contributed by atoms with Crippen LogP contribution < -0.4 is 0 Å². The molecule has 5 nitrogen and oxygen atoms in total. The lowest BCUT2D eigenvalue weighted by molar-refractivity contribution is -0.134. The van der Waals surface area contributed by atoms with E-state index in [1.807, 2.05) is 11.0 Å². The summed E-state index contributed by atoms with van der Waals surface area (Å²) in [4.78, 5) is 21.5. The fourth-order valence-electron chi connectivity index (χ4n) is 3.09. The number of piperazine rings is 2. The zero-order valence-electron chi connectivity index (χ0n) is 13.6. The summed E-state index contributed by atoms with van der Waals surface area (Å²) in [6.07, 6.45) is 1.95. The first-order valence-corrected chi connectivity index (χ1v) is 8.17. The Balaban J connectivity index is 1.70. The molecule has 0 aromatic rings. The second-order valence-electron chi connectivity index (χ2n) is 6.38. The summed E-state index contributed by atoms with van der Waals surface area (Å²) in [6.45, 7) is 17.6. The van der Waals surface area contributed by atoms with Gasteiger partial charge in [-0.05, 0) is 13.8 Å². The van der Waals surface area contributed by atoms with Crippen LogP contribution in [0.4, 0.5) is 0 Å². The van der Waals surface area contributed by atoms with Crippen molar-refractivity contribution in [1.82, 2.24) is 19.6 Å². The number of hydrogen-bond donors (Lipinski definition) is 0. The molecule has 0 aliphatic carbocycles. The normalized spacial score (nSPS) is 22.7. The van der Waals surface area contributed by atoms with Crippen LogP contribution in [0.3, 0.4) is 0 Å². The van der Waals surface area contributed by atoms with E-state index in [1.54, 1.807) is 0 Å². The molecule has 0 aromatic heterocycles. The van der Waals surface area contributed by atoms with Crippen molar-refractivity contribution in [3.05, 3.63) is 12.7 Å². The third-order valence-corrected chi connectivity index (χ3v) is 4.61. The highest BCUT2D eigenvalue weighted by molar-refractivity contribution is 5.78. The van der Waals surface area contributed by atoms with E-state index in [9.17, 15) is 4.79 Å². The lowest BCUT2D eigenvalue weighted by Gasteiger charge is -2.39. The monoisotopic (exact) mass is 294 g/mol. The van der Waals surface area contributed by atoms with Crippen LogP contribution in [0.15, 0.2) is 12.7 Å². The highest BCUT2D eigenvalue weighted by atomic mass is 16.2. The Morgan fingerprint density at radius 2 is 1.57 bits per heavy atom. The first kappa shape index (κ1) is 16.5. The Morgan fingerprint density at radius 1 is 1.00 bits per heavy atom. The molecular formula is C16H30N4O. The molecule has 2 aliphatic heterocycles. The Bertz CT molecular complexity index is 342. The van der Waals surface area contributed by atoms with Gasteiger partial charge in [-0.15, -0.1) is 6.58 Å². The number of carbonyl (C=O) groups excluding carboxylic acids is 1. The molecule has 2 heterocycles. The summed E-state index contributed by atoms with van der Waals surface area (Å²) in [5, 5.41) is 0. The van der Waals surface area contributed by atoms with Crippen molar-refractivity contribution in [2.75, 3.05) is 65.4 Å². The molecule has 0 atom stereocenters. The van der Waals surface area contributed by atoms with Crippen LogP contribution in [0, 0.1) is 0 Å². The molecule has 2 aliphatic rings. The molecule has 21 heavy (non-hydrogen) atoms. The molecule has 2 saturated heterocycles. The van der Waals surface area contributed by atoms with Gasteiger partial charge in [0.25, 0.3) is 0 Å². The number of carbonyl (C=O) groups is 1. The molecule has 1 amide bonds. The largest absolute Gasteiger partial charge is 0.339 e. The quantitative estimate of drug-likeness (QED) is 0.684. The number of nitrogens with zero attached hydrogens (tertiary/aromatic N) is 4. The van der Waals surface area contributed by atoms with Crippen molar-refractivity contribution in [2.24, 2.45) is 0 Å².